The minimum absolute atomic E-state index is 0.0370. The van der Waals surface area contributed by atoms with Gasteiger partial charge in [-0.25, -0.2) is 0 Å². The number of carbonyl (C=O) groups excluding carboxylic acids is 2. The van der Waals surface area contributed by atoms with Crippen molar-refractivity contribution in [1.29, 1.82) is 0 Å². The van der Waals surface area contributed by atoms with Crippen LogP contribution in [0, 0.1) is 5.92 Å². The molecule has 1 aliphatic heterocycles. The molecule has 1 aliphatic rings. The molecule has 8 nitrogen and oxygen atoms in total. The predicted molar refractivity (Wildman–Crippen MR) is 94.6 cm³/mol. The van der Waals surface area contributed by atoms with E-state index in [4.69, 9.17) is 10.3 Å². The fourth-order valence-corrected chi connectivity index (χ4v) is 3.27. The summed E-state index contributed by atoms with van der Waals surface area (Å²) < 4.78 is 5.35. The minimum Gasteiger partial charge on any atom is -0.369 e. The molecule has 0 bridgehead atoms. The fourth-order valence-electron chi connectivity index (χ4n) is 3.27. The van der Waals surface area contributed by atoms with Gasteiger partial charge in [0.05, 0.1) is 24.7 Å². The van der Waals surface area contributed by atoms with Gasteiger partial charge < -0.3 is 15.2 Å². The Balaban J connectivity index is 1.59. The smallest absolute Gasteiger partial charge is 0.231 e. The van der Waals surface area contributed by atoms with Gasteiger partial charge in [0.15, 0.2) is 5.76 Å². The summed E-state index contributed by atoms with van der Waals surface area (Å²) in [5.74, 6) is 0.141. The molecule has 1 fully saturated rings. The molecule has 2 aromatic rings. The number of hydrogen-bond donors (Lipinski definition) is 1. The van der Waals surface area contributed by atoms with Crippen LogP contribution in [-0.2, 0) is 16.1 Å². The lowest BCUT2D eigenvalue weighted by atomic mass is 9.96. The van der Waals surface area contributed by atoms with Crippen molar-refractivity contribution >= 4 is 11.8 Å². The molecule has 0 radical (unpaired) electrons. The highest BCUT2D eigenvalue weighted by atomic mass is 16.5. The third kappa shape index (κ3) is 4.45. The van der Waals surface area contributed by atoms with Crippen LogP contribution in [0.1, 0.15) is 18.6 Å². The van der Waals surface area contributed by atoms with Crippen molar-refractivity contribution in [2.45, 2.75) is 19.4 Å². The van der Waals surface area contributed by atoms with Gasteiger partial charge >= 0.3 is 0 Å². The van der Waals surface area contributed by atoms with E-state index in [-0.39, 0.29) is 24.3 Å². The summed E-state index contributed by atoms with van der Waals surface area (Å²) in [6.07, 6.45) is 3.39. The second-order valence-corrected chi connectivity index (χ2v) is 6.63. The predicted octanol–water partition coefficient (Wildman–Crippen LogP) is 0.892. The first-order valence-electron chi connectivity index (χ1n) is 8.65. The molecule has 0 saturated carbocycles. The van der Waals surface area contributed by atoms with Crippen molar-refractivity contribution in [3.05, 3.63) is 36.2 Å². The number of pyridine rings is 1. The molecule has 2 N–H and O–H groups in total. The van der Waals surface area contributed by atoms with Gasteiger partial charge in [0.25, 0.3) is 0 Å². The largest absolute Gasteiger partial charge is 0.369 e. The number of aromatic nitrogens is 2. The second kappa shape index (κ2) is 8.09. The molecule has 2 amide bonds. The van der Waals surface area contributed by atoms with Gasteiger partial charge in [0.2, 0.25) is 11.8 Å². The SMILES string of the molecule is CN(Cc1cc(-c2ccccn2)no1)C(=O)C1CCCN(CC(N)=O)C1. The minimum atomic E-state index is -0.366. The van der Waals surface area contributed by atoms with Crippen LogP contribution in [0.5, 0.6) is 0 Å². The van der Waals surface area contributed by atoms with Crippen LogP contribution in [0.4, 0.5) is 0 Å². The summed E-state index contributed by atoms with van der Waals surface area (Å²) in [5.41, 5.74) is 6.63. The Morgan fingerprint density at radius 2 is 2.23 bits per heavy atom. The maximum Gasteiger partial charge on any atom is 0.231 e. The molecule has 3 heterocycles. The van der Waals surface area contributed by atoms with Crippen molar-refractivity contribution < 1.29 is 14.1 Å². The highest BCUT2D eigenvalue weighted by Crippen LogP contribution is 2.21. The number of primary amides is 1. The van der Waals surface area contributed by atoms with Crippen LogP contribution in [0.2, 0.25) is 0 Å². The van der Waals surface area contributed by atoms with Crippen LogP contribution in [0.3, 0.4) is 0 Å². The van der Waals surface area contributed by atoms with E-state index in [1.54, 1.807) is 24.2 Å². The molecule has 0 aromatic carbocycles. The lowest BCUT2D eigenvalue weighted by Gasteiger charge is -2.32. The molecule has 3 rings (SSSR count). The quantitative estimate of drug-likeness (QED) is 0.823. The molecule has 8 heteroatoms. The molecular formula is C18H23N5O3. The van der Waals surface area contributed by atoms with Crippen LogP contribution in [0.15, 0.2) is 35.0 Å². The monoisotopic (exact) mass is 357 g/mol. The van der Waals surface area contributed by atoms with E-state index < -0.39 is 0 Å². The molecule has 1 atom stereocenters. The summed E-state index contributed by atoms with van der Waals surface area (Å²) in [5, 5.41) is 4.02. The molecule has 1 unspecified atom stereocenters. The Bertz CT molecular complexity index is 761. The molecule has 2 aromatic heterocycles. The topological polar surface area (TPSA) is 106 Å². The zero-order valence-corrected chi connectivity index (χ0v) is 14.8. The van der Waals surface area contributed by atoms with Gasteiger partial charge in [0.1, 0.15) is 5.69 Å². The Morgan fingerprint density at radius 1 is 1.38 bits per heavy atom. The van der Waals surface area contributed by atoms with Crippen molar-refractivity contribution in [3.8, 4) is 11.4 Å². The van der Waals surface area contributed by atoms with E-state index in [2.05, 4.69) is 10.1 Å². The van der Waals surface area contributed by atoms with Gasteiger partial charge in [-0.3, -0.25) is 19.5 Å². The normalized spacial score (nSPS) is 17.8. The summed E-state index contributed by atoms with van der Waals surface area (Å²) in [7, 11) is 1.75. The maximum absolute atomic E-state index is 12.7. The number of hydrogen-bond acceptors (Lipinski definition) is 6. The Kier molecular flexibility index (Phi) is 5.62. The van der Waals surface area contributed by atoms with E-state index in [0.717, 1.165) is 25.1 Å². The first-order chi connectivity index (χ1) is 12.5. The van der Waals surface area contributed by atoms with Crippen LogP contribution < -0.4 is 5.73 Å². The summed E-state index contributed by atoms with van der Waals surface area (Å²) in [6.45, 7) is 1.89. The van der Waals surface area contributed by atoms with Gasteiger partial charge in [-0.15, -0.1) is 0 Å². The summed E-state index contributed by atoms with van der Waals surface area (Å²) in [4.78, 5) is 31.6. The molecule has 26 heavy (non-hydrogen) atoms. The van der Waals surface area contributed by atoms with E-state index in [1.807, 2.05) is 23.1 Å². The van der Waals surface area contributed by atoms with Crippen molar-refractivity contribution in [3.63, 3.8) is 0 Å². The van der Waals surface area contributed by atoms with Crippen molar-refractivity contribution in [2.24, 2.45) is 11.7 Å². The Hall–Kier alpha value is -2.74. The third-order valence-electron chi connectivity index (χ3n) is 4.49. The number of likely N-dealkylation sites (tertiary alicyclic amines) is 1. The molecule has 138 valence electrons. The van der Waals surface area contributed by atoms with Gasteiger partial charge in [-0.1, -0.05) is 11.2 Å². The third-order valence-corrected chi connectivity index (χ3v) is 4.49. The molecule has 0 spiro atoms. The highest BCUT2D eigenvalue weighted by Gasteiger charge is 2.29. The number of nitrogens with two attached hydrogens (primary N) is 1. The number of amides is 2. The van der Waals surface area contributed by atoms with Gasteiger partial charge in [-0.2, -0.15) is 0 Å². The van der Waals surface area contributed by atoms with E-state index >= 15 is 0 Å². The number of carbonyl (C=O) groups is 2. The van der Waals surface area contributed by atoms with E-state index in [1.165, 1.54) is 0 Å². The average Bonchev–Trinajstić information content (AvgIpc) is 3.10. The zero-order chi connectivity index (χ0) is 18.5. The lowest BCUT2D eigenvalue weighted by Crippen LogP contribution is -2.45. The maximum atomic E-state index is 12.7. The number of nitrogens with zero attached hydrogens (tertiary/aromatic N) is 4. The van der Waals surface area contributed by atoms with Gasteiger partial charge in [0, 0.05) is 25.9 Å². The molecular weight excluding hydrogens is 334 g/mol. The first-order valence-corrected chi connectivity index (χ1v) is 8.65. The zero-order valence-electron chi connectivity index (χ0n) is 14.8. The standard InChI is InChI=1S/C18H23N5O3/c1-22(18(25)13-5-4-8-23(10-13)12-17(19)24)11-14-9-16(21-26-14)15-6-2-3-7-20-15/h2-3,6-7,9,13H,4-5,8,10-12H2,1H3,(H2,19,24). The first kappa shape index (κ1) is 18.1. The number of rotatable bonds is 6. The fraction of sp³-hybridized carbons (Fsp3) is 0.444. The van der Waals surface area contributed by atoms with Crippen LogP contribution in [-0.4, -0.2) is 58.4 Å². The average molecular weight is 357 g/mol. The second-order valence-electron chi connectivity index (χ2n) is 6.63. The summed E-state index contributed by atoms with van der Waals surface area (Å²) in [6, 6.07) is 7.37. The van der Waals surface area contributed by atoms with Crippen molar-refractivity contribution in [1.82, 2.24) is 19.9 Å². The Labute approximate surface area is 151 Å². The molecule has 1 saturated heterocycles. The van der Waals surface area contributed by atoms with Crippen molar-refractivity contribution in [2.75, 3.05) is 26.7 Å². The van der Waals surface area contributed by atoms with E-state index in [9.17, 15) is 9.59 Å². The highest BCUT2D eigenvalue weighted by molar-refractivity contribution is 5.79. The molecule has 0 aliphatic carbocycles. The van der Waals surface area contributed by atoms with Crippen LogP contribution in [0.25, 0.3) is 11.4 Å². The van der Waals surface area contributed by atoms with Gasteiger partial charge in [-0.05, 0) is 31.5 Å². The lowest BCUT2D eigenvalue weighted by molar-refractivity contribution is -0.137. The van der Waals surface area contributed by atoms with E-state index in [0.29, 0.717) is 24.5 Å². The summed E-state index contributed by atoms with van der Waals surface area (Å²) >= 11 is 0. The van der Waals surface area contributed by atoms with Crippen LogP contribution >= 0.6 is 0 Å². The Morgan fingerprint density at radius 3 is 2.96 bits per heavy atom. The number of piperidine rings is 1.